The normalized spacial score (nSPS) is 21.2. The van der Waals surface area contributed by atoms with Crippen molar-refractivity contribution in [3.63, 3.8) is 0 Å². The highest BCUT2D eigenvalue weighted by Crippen LogP contribution is 2.37. The maximum Gasteiger partial charge on any atom is 0.00960 e. The predicted molar refractivity (Wildman–Crippen MR) is 56.8 cm³/mol. The number of hydrogen-bond acceptors (Lipinski definition) is 0. The molecular weight excluding hydrogens is 163 g/mol. The van der Waals surface area contributed by atoms with Gasteiger partial charge < -0.3 is 0 Å². The van der Waals surface area contributed by atoms with Crippen LogP contribution in [-0.4, -0.2) is 5.29 Å². The fourth-order valence-electron chi connectivity index (χ4n) is 1.76. The van der Waals surface area contributed by atoms with E-state index >= 15 is 0 Å². The summed E-state index contributed by atoms with van der Waals surface area (Å²) in [5.74, 6) is 2.35. The van der Waals surface area contributed by atoms with E-state index in [9.17, 15) is 0 Å². The molecule has 0 radical (unpaired) electrons. The maximum absolute atomic E-state index is 2.35. The van der Waals surface area contributed by atoms with Gasteiger partial charge in [-0.3, -0.25) is 0 Å². The average Bonchev–Trinajstić information content (AvgIpc) is 2.62. The van der Waals surface area contributed by atoms with Crippen LogP contribution in [0.3, 0.4) is 0 Å². The molecule has 1 heterocycles. The van der Waals surface area contributed by atoms with Crippen LogP contribution in [0.25, 0.3) is 0 Å². The van der Waals surface area contributed by atoms with Gasteiger partial charge in [-0.25, -0.2) is 0 Å². The summed E-state index contributed by atoms with van der Waals surface area (Å²) in [4.78, 5) is 0. The Labute approximate surface area is 75.5 Å². The summed E-state index contributed by atoms with van der Waals surface area (Å²) in [5, 5.41) is 1.52. The van der Waals surface area contributed by atoms with Crippen LogP contribution >= 0.6 is 8.20 Å². The fourth-order valence-corrected chi connectivity index (χ4v) is 2.95. The van der Waals surface area contributed by atoms with Crippen molar-refractivity contribution in [1.29, 1.82) is 0 Å². The standard InChI is InChI=1S/C11H13P/c1-3-8-5-6-10-11(8)9(4-2)7-12-10/h5-7H,3-4H2,1-2H3. The molecule has 0 aromatic heterocycles. The number of allylic oxidation sites excluding steroid dienone is 5. The van der Waals surface area contributed by atoms with Crippen LogP contribution < -0.4 is 0 Å². The van der Waals surface area contributed by atoms with E-state index in [-0.39, 0.29) is 0 Å². The molecule has 0 unspecified atom stereocenters. The van der Waals surface area contributed by atoms with Crippen molar-refractivity contribution < 1.29 is 0 Å². The van der Waals surface area contributed by atoms with Gasteiger partial charge in [0.2, 0.25) is 0 Å². The lowest BCUT2D eigenvalue weighted by atomic mass is 10.00. The summed E-state index contributed by atoms with van der Waals surface area (Å²) >= 11 is 0. The zero-order valence-corrected chi connectivity index (χ0v) is 8.49. The fraction of sp³-hybridized carbons (Fsp3) is 0.364. The van der Waals surface area contributed by atoms with E-state index in [1.165, 1.54) is 31.9 Å². The Morgan fingerprint density at radius 3 is 2.67 bits per heavy atom. The van der Waals surface area contributed by atoms with Crippen molar-refractivity contribution in [3.8, 4) is 0 Å². The van der Waals surface area contributed by atoms with Gasteiger partial charge in [0.15, 0.2) is 0 Å². The molecule has 0 atom stereocenters. The van der Waals surface area contributed by atoms with Crippen LogP contribution in [0.15, 0.2) is 34.7 Å². The molecule has 0 amide bonds. The maximum atomic E-state index is 2.35. The molecule has 1 heteroatoms. The van der Waals surface area contributed by atoms with Gasteiger partial charge in [-0.15, -0.1) is 0 Å². The molecule has 0 aromatic carbocycles. The number of rotatable bonds is 2. The molecule has 0 bridgehead atoms. The van der Waals surface area contributed by atoms with Crippen molar-refractivity contribution in [2.24, 2.45) is 0 Å². The molecule has 12 heavy (non-hydrogen) atoms. The number of fused-ring (bicyclic) bond motifs is 1. The van der Waals surface area contributed by atoms with Gasteiger partial charge in [-0.2, -0.15) is 0 Å². The second kappa shape index (κ2) is 3.03. The van der Waals surface area contributed by atoms with Gasteiger partial charge in [0.1, 0.15) is 0 Å². The van der Waals surface area contributed by atoms with Gasteiger partial charge in [0.05, 0.1) is 0 Å². The van der Waals surface area contributed by atoms with Gasteiger partial charge in [0.25, 0.3) is 0 Å². The number of hydrogen-bond donors (Lipinski definition) is 0. The molecule has 0 spiro atoms. The summed E-state index contributed by atoms with van der Waals surface area (Å²) < 4.78 is 0. The quantitative estimate of drug-likeness (QED) is 0.563. The highest BCUT2D eigenvalue weighted by atomic mass is 31.1. The Bertz CT molecular complexity index is 327. The first kappa shape index (κ1) is 8.01. The molecule has 0 fully saturated rings. The Morgan fingerprint density at radius 2 is 2.00 bits per heavy atom. The first-order valence-electron chi connectivity index (χ1n) is 4.55. The van der Waals surface area contributed by atoms with E-state index < -0.39 is 0 Å². The lowest BCUT2D eigenvalue weighted by Gasteiger charge is -2.04. The SMILES string of the molecule is CCC1=CP=C2C=CC(CC)=C12. The summed E-state index contributed by atoms with van der Waals surface area (Å²) in [7, 11) is 1.40. The summed E-state index contributed by atoms with van der Waals surface area (Å²) in [6, 6.07) is 0. The van der Waals surface area contributed by atoms with E-state index in [2.05, 4.69) is 31.8 Å². The smallest absolute Gasteiger partial charge is 0.00960 e. The highest BCUT2D eigenvalue weighted by Gasteiger charge is 2.19. The zero-order chi connectivity index (χ0) is 8.55. The van der Waals surface area contributed by atoms with Crippen LogP contribution in [0, 0.1) is 0 Å². The molecule has 1 aliphatic carbocycles. The first-order chi connectivity index (χ1) is 5.86. The third-order valence-corrected chi connectivity index (χ3v) is 3.55. The Morgan fingerprint density at radius 1 is 1.17 bits per heavy atom. The molecule has 0 saturated heterocycles. The first-order valence-corrected chi connectivity index (χ1v) is 5.52. The van der Waals surface area contributed by atoms with Gasteiger partial charge in [-0.05, 0) is 41.5 Å². The molecule has 0 nitrogen and oxygen atoms in total. The lowest BCUT2D eigenvalue weighted by molar-refractivity contribution is 1.09. The predicted octanol–water partition coefficient (Wildman–Crippen LogP) is 3.69. The Balaban J connectivity index is 2.43. The van der Waals surface area contributed by atoms with Crippen molar-refractivity contribution in [2.45, 2.75) is 26.7 Å². The van der Waals surface area contributed by atoms with E-state index in [0.29, 0.717) is 0 Å². The Hall–Kier alpha value is -0.610. The molecule has 0 saturated carbocycles. The van der Waals surface area contributed by atoms with Crippen LogP contribution in [0.1, 0.15) is 26.7 Å². The van der Waals surface area contributed by atoms with Crippen LogP contribution in [-0.2, 0) is 0 Å². The minimum atomic E-state index is 1.17. The monoisotopic (exact) mass is 176 g/mol. The minimum absolute atomic E-state index is 1.17. The zero-order valence-electron chi connectivity index (χ0n) is 7.59. The molecule has 1 aliphatic heterocycles. The van der Waals surface area contributed by atoms with Crippen molar-refractivity contribution in [1.82, 2.24) is 0 Å². The van der Waals surface area contributed by atoms with Crippen molar-refractivity contribution >= 4 is 13.5 Å². The van der Waals surface area contributed by atoms with E-state index in [4.69, 9.17) is 0 Å². The molecule has 2 rings (SSSR count). The molecule has 2 aliphatic rings. The molecular formula is C11H13P. The Kier molecular flexibility index (Phi) is 2.02. The van der Waals surface area contributed by atoms with Crippen LogP contribution in [0.4, 0.5) is 0 Å². The van der Waals surface area contributed by atoms with Crippen LogP contribution in [0.2, 0.25) is 0 Å². The molecule has 0 N–H and O–H groups in total. The van der Waals surface area contributed by atoms with Gasteiger partial charge in [-0.1, -0.05) is 28.1 Å². The van der Waals surface area contributed by atoms with E-state index in [1.54, 1.807) is 11.1 Å². The summed E-state index contributed by atoms with van der Waals surface area (Å²) in [6.45, 7) is 4.47. The second-order valence-electron chi connectivity index (χ2n) is 3.11. The summed E-state index contributed by atoms with van der Waals surface area (Å²) in [6.07, 6.45) is 6.90. The highest BCUT2D eigenvalue weighted by molar-refractivity contribution is 7.46. The van der Waals surface area contributed by atoms with Gasteiger partial charge in [0, 0.05) is 5.29 Å². The van der Waals surface area contributed by atoms with Crippen molar-refractivity contribution in [3.05, 3.63) is 34.7 Å². The second-order valence-corrected chi connectivity index (χ2v) is 4.11. The van der Waals surface area contributed by atoms with Crippen molar-refractivity contribution in [2.75, 3.05) is 0 Å². The third-order valence-electron chi connectivity index (χ3n) is 2.46. The topological polar surface area (TPSA) is 0 Å². The van der Waals surface area contributed by atoms with E-state index in [0.717, 1.165) is 0 Å². The largest absolute Gasteiger partial charge is 0.0675 e. The summed E-state index contributed by atoms with van der Waals surface area (Å²) in [5.41, 5.74) is 4.64. The average molecular weight is 176 g/mol. The van der Waals surface area contributed by atoms with E-state index in [1.807, 2.05) is 0 Å². The van der Waals surface area contributed by atoms with Gasteiger partial charge >= 0.3 is 0 Å². The minimum Gasteiger partial charge on any atom is -0.0675 e. The van der Waals surface area contributed by atoms with Crippen LogP contribution in [0.5, 0.6) is 0 Å². The molecule has 0 aromatic rings. The lowest BCUT2D eigenvalue weighted by Crippen LogP contribution is -1.93. The molecule has 62 valence electrons. The third kappa shape index (κ3) is 1.03.